The number of rotatable bonds is 5. The molecule has 26 heavy (non-hydrogen) atoms. The Morgan fingerprint density at radius 1 is 1.04 bits per heavy atom. The Labute approximate surface area is 159 Å². The van der Waals surface area contributed by atoms with Crippen molar-refractivity contribution in [3.05, 3.63) is 59.0 Å². The predicted molar refractivity (Wildman–Crippen MR) is 108 cm³/mol. The average Bonchev–Trinajstić information content (AvgIpc) is 2.99. The van der Waals surface area contributed by atoms with Gasteiger partial charge in [0.05, 0.1) is 6.67 Å². The third kappa shape index (κ3) is 3.66. The summed E-state index contributed by atoms with van der Waals surface area (Å²) in [5, 5.41) is 4.60. The lowest BCUT2D eigenvalue weighted by Gasteiger charge is -2.29. The minimum absolute atomic E-state index is 0.675. The fraction of sp³-hybridized carbons (Fsp3) is 0.400. The van der Waals surface area contributed by atoms with Gasteiger partial charge >= 0.3 is 0 Å². The fourth-order valence-electron chi connectivity index (χ4n) is 3.61. The zero-order chi connectivity index (χ0) is 17.9. The van der Waals surface area contributed by atoms with Crippen LogP contribution in [0.5, 0.6) is 0 Å². The molecule has 2 aromatic heterocycles. The number of anilines is 1. The first-order valence-corrected chi connectivity index (χ1v) is 9.68. The summed E-state index contributed by atoms with van der Waals surface area (Å²) in [6.45, 7) is 3.92. The monoisotopic (exact) mass is 367 g/mol. The van der Waals surface area contributed by atoms with Crippen molar-refractivity contribution in [1.82, 2.24) is 19.1 Å². The highest BCUT2D eigenvalue weighted by Crippen LogP contribution is 2.20. The van der Waals surface area contributed by atoms with E-state index in [1.807, 2.05) is 33.5 Å². The average molecular weight is 368 g/mol. The van der Waals surface area contributed by atoms with E-state index in [-0.39, 0.29) is 0 Å². The van der Waals surface area contributed by atoms with Crippen LogP contribution in [0.25, 0.3) is 5.65 Å². The molecule has 1 aliphatic heterocycles. The molecule has 0 amide bonds. The molecule has 0 N–H and O–H groups in total. The van der Waals surface area contributed by atoms with Crippen molar-refractivity contribution in [3.8, 4) is 0 Å². The largest absolute Gasteiger partial charge is 0.372 e. The molecule has 4 rings (SSSR count). The lowest BCUT2D eigenvalue weighted by atomic mass is 10.1. The van der Waals surface area contributed by atoms with Crippen LogP contribution in [0.1, 0.15) is 24.8 Å². The number of fused-ring (bicyclic) bond motifs is 1. The van der Waals surface area contributed by atoms with E-state index in [0.717, 1.165) is 17.0 Å². The molecule has 0 atom stereocenters. The van der Waals surface area contributed by atoms with Crippen LogP contribution in [-0.4, -0.2) is 39.2 Å². The minimum Gasteiger partial charge on any atom is -0.372 e. The van der Waals surface area contributed by atoms with Crippen LogP contribution in [0.15, 0.2) is 48.7 Å². The van der Waals surface area contributed by atoms with Crippen LogP contribution in [0.4, 0.5) is 5.69 Å². The van der Waals surface area contributed by atoms with Crippen molar-refractivity contribution in [2.24, 2.45) is 0 Å². The number of nitrogens with zero attached hydrogens (tertiary/aromatic N) is 5. The molecule has 0 bridgehead atoms. The van der Waals surface area contributed by atoms with E-state index < -0.39 is 0 Å². The zero-order valence-corrected chi connectivity index (χ0v) is 16.0. The van der Waals surface area contributed by atoms with Crippen LogP contribution in [0.3, 0.4) is 0 Å². The SMILES string of the molecule is CN(Cc1ccc(N2CCCCC2)cc1)Cn1nc2ccccn2c1=S. The Kier molecular flexibility index (Phi) is 5.04. The summed E-state index contributed by atoms with van der Waals surface area (Å²) >= 11 is 5.53. The van der Waals surface area contributed by atoms with Crippen LogP contribution in [0, 0.1) is 4.77 Å². The third-order valence-electron chi connectivity index (χ3n) is 4.97. The Bertz CT molecular complexity index is 921. The molecular formula is C20H25N5S. The smallest absolute Gasteiger partial charge is 0.203 e. The van der Waals surface area contributed by atoms with E-state index in [1.165, 1.54) is 43.6 Å². The number of hydrogen-bond acceptors (Lipinski definition) is 4. The van der Waals surface area contributed by atoms with Gasteiger partial charge in [-0.15, -0.1) is 0 Å². The van der Waals surface area contributed by atoms with Crippen molar-refractivity contribution in [2.75, 3.05) is 25.0 Å². The van der Waals surface area contributed by atoms with Crippen molar-refractivity contribution >= 4 is 23.6 Å². The summed E-state index contributed by atoms with van der Waals surface area (Å²) in [6.07, 6.45) is 5.94. The Balaban J connectivity index is 1.41. The van der Waals surface area contributed by atoms with Gasteiger partial charge in [-0.3, -0.25) is 9.30 Å². The molecule has 5 nitrogen and oxygen atoms in total. The van der Waals surface area contributed by atoms with E-state index in [1.54, 1.807) is 0 Å². The van der Waals surface area contributed by atoms with Gasteiger partial charge in [0, 0.05) is 31.5 Å². The van der Waals surface area contributed by atoms with E-state index >= 15 is 0 Å². The van der Waals surface area contributed by atoms with Crippen molar-refractivity contribution in [2.45, 2.75) is 32.5 Å². The Morgan fingerprint density at radius 3 is 2.54 bits per heavy atom. The topological polar surface area (TPSA) is 28.7 Å². The summed E-state index contributed by atoms with van der Waals surface area (Å²) in [6, 6.07) is 14.9. The van der Waals surface area contributed by atoms with Crippen LogP contribution >= 0.6 is 12.2 Å². The highest BCUT2D eigenvalue weighted by molar-refractivity contribution is 7.71. The van der Waals surface area contributed by atoms with Crippen LogP contribution in [0.2, 0.25) is 0 Å². The van der Waals surface area contributed by atoms with Gasteiger partial charge in [0.25, 0.3) is 0 Å². The molecule has 3 aromatic rings. The maximum absolute atomic E-state index is 5.53. The van der Waals surface area contributed by atoms with Gasteiger partial charge in [0.15, 0.2) is 5.65 Å². The van der Waals surface area contributed by atoms with E-state index in [0.29, 0.717) is 6.67 Å². The lowest BCUT2D eigenvalue weighted by Crippen LogP contribution is -2.29. The van der Waals surface area contributed by atoms with Crippen molar-refractivity contribution in [1.29, 1.82) is 0 Å². The van der Waals surface area contributed by atoms with Gasteiger partial charge in [0.1, 0.15) is 0 Å². The molecule has 1 saturated heterocycles. The maximum atomic E-state index is 5.53. The fourth-order valence-corrected chi connectivity index (χ4v) is 3.87. The van der Waals surface area contributed by atoms with Crippen molar-refractivity contribution in [3.63, 3.8) is 0 Å². The second-order valence-electron chi connectivity index (χ2n) is 7.08. The minimum atomic E-state index is 0.675. The number of benzene rings is 1. The molecule has 6 heteroatoms. The van der Waals surface area contributed by atoms with Gasteiger partial charge < -0.3 is 4.90 Å². The second-order valence-corrected chi connectivity index (χ2v) is 7.45. The first-order chi connectivity index (χ1) is 12.7. The molecule has 1 aromatic carbocycles. The normalized spacial score (nSPS) is 15.1. The number of hydrogen-bond donors (Lipinski definition) is 0. The van der Waals surface area contributed by atoms with E-state index in [9.17, 15) is 0 Å². The molecule has 0 unspecified atom stereocenters. The molecule has 136 valence electrons. The second kappa shape index (κ2) is 7.60. The molecule has 0 radical (unpaired) electrons. The van der Waals surface area contributed by atoms with E-state index in [2.05, 4.69) is 46.2 Å². The predicted octanol–water partition coefficient (Wildman–Crippen LogP) is 3.95. The summed E-state index contributed by atoms with van der Waals surface area (Å²) in [7, 11) is 2.10. The Morgan fingerprint density at radius 2 is 1.81 bits per heavy atom. The quantitative estimate of drug-likeness (QED) is 0.639. The van der Waals surface area contributed by atoms with Crippen LogP contribution in [-0.2, 0) is 13.2 Å². The highest BCUT2D eigenvalue weighted by atomic mass is 32.1. The zero-order valence-electron chi connectivity index (χ0n) is 15.2. The van der Waals surface area contributed by atoms with Crippen molar-refractivity contribution < 1.29 is 0 Å². The third-order valence-corrected chi connectivity index (χ3v) is 5.38. The van der Waals surface area contributed by atoms with Gasteiger partial charge in [-0.1, -0.05) is 18.2 Å². The van der Waals surface area contributed by atoms with Crippen LogP contribution < -0.4 is 4.90 Å². The first kappa shape index (κ1) is 17.2. The first-order valence-electron chi connectivity index (χ1n) is 9.27. The standard InChI is InChI=1S/C20H25N5S/c1-22(16-25-20(26)24-14-6-3-7-19(24)21-25)15-17-8-10-18(11-9-17)23-12-4-2-5-13-23/h3,6-11,14H,2,4-5,12-13,15-16H2,1H3. The molecule has 3 heterocycles. The molecule has 0 saturated carbocycles. The van der Waals surface area contributed by atoms with Gasteiger partial charge in [-0.05, 0) is 68.4 Å². The molecule has 0 spiro atoms. The summed E-state index contributed by atoms with van der Waals surface area (Å²) in [5.74, 6) is 0. The highest BCUT2D eigenvalue weighted by Gasteiger charge is 2.11. The van der Waals surface area contributed by atoms with Gasteiger partial charge in [0.2, 0.25) is 4.77 Å². The summed E-state index contributed by atoms with van der Waals surface area (Å²) < 4.78 is 4.55. The lowest BCUT2D eigenvalue weighted by molar-refractivity contribution is 0.245. The summed E-state index contributed by atoms with van der Waals surface area (Å²) in [5.41, 5.74) is 3.54. The molecule has 0 aliphatic carbocycles. The summed E-state index contributed by atoms with van der Waals surface area (Å²) in [4.78, 5) is 4.73. The number of aromatic nitrogens is 3. The molecular weight excluding hydrogens is 342 g/mol. The molecule has 1 fully saturated rings. The maximum Gasteiger partial charge on any atom is 0.203 e. The van der Waals surface area contributed by atoms with E-state index in [4.69, 9.17) is 12.2 Å². The number of piperidine rings is 1. The van der Waals surface area contributed by atoms with Gasteiger partial charge in [-0.2, -0.15) is 5.10 Å². The Hall–Kier alpha value is -2.18. The van der Waals surface area contributed by atoms with Gasteiger partial charge in [-0.25, -0.2) is 4.68 Å². The number of pyridine rings is 1. The molecule has 1 aliphatic rings.